The van der Waals surface area contributed by atoms with Crippen molar-refractivity contribution in [3.63, 3.8) is 0 Å². The summed E-state index contributed by atoms with van der Waals surface area (Å²) in [6, 6.07) is 2.71. The molecular weight excluding hydrogens is 226 g/mol. The molecule has 0 aliphatic carbocycles. The van der Waals surface area contributed by atoms with Gasteiger partial charge in [-0.2, -0.15) is 0 Å². The van der Waals surface area contributed by atoms with E-state index in [4.69, 9.17) is 18.0 Å². The first-order valence-corrected chi connectivity index (χ1v) is 5.05. The fraction of sp³-hybridized carbons (Fsp3) is 0.300. The minimum absolute atomic E-state index is 0.199. The first-order chi connectivity index (χ1) is 7.33. The molecule has 0 aliphatic heterocycles. The number of nitrogens with one attached hydrogen (secondary N) is 2. The highest BCUT2D eigenvalue weighted by Gasteiger charge is 2.24. The van der Waals surface area contributed by atoms with E-state index in [1.807, 2.05) is 0 Å². The SMILES string of the molecule is CC(C)(NC(=O)c1ccc(=O)[nH]c1)C(N)=S. The number of hydrogen-bond acceptors (Lipinski definition) is 3. The number of H-pyrrole nitrogens is 1. The van der Waals surface area contributed by atoms with E-state index in [1.165, 1.54) is 18.3 Å². The summed E-state index contributed by atoms with van der Waals surface area (Å²) < 4.78 is 0. The van der Waals surface area contributed by atoms with Gasteiger partial charge in [0.25, 0.3) is 5.91 Å². The summed E-state index contributed by atoms with van der Waals surface area (Å²) in [5.74, 6) is -0.339. The van der Waals surface area contributed by atoms with E-state index in [-0.39, 0.29) is 16.5 Å². The monoisotopic (exact) mass is 239 g/mol. The van der Waals surface area contributed by atoms with E-state index in [0.717, 1.165) is 0 Å². The van der Waals surface area contributed by atoms with Crippen molar-refractivity contribution in [2.24, 2.45) is 5.73 Å². The highest BCUT2D eigenvalue weighted by molar-refractivity contribution is 7.80. The Kier molecular flexibility index (Phi) is 3.44. The molecule has 0 atom stereocenters. The number of pyridine rings is 1. The Morgan fingerprint density at radius 2 is 2.12 bits per heavy atom. The zero-order valence-electron chi connectivity index (χ0n) is 9.03. The first kappa shape index (κ1) is 12.4. The van der Waals surface area contributed by atoms with Crippen LogP contribution >= 0.6 is 12.2 Å². The molecule has 0 aliphatic rings. The van der Waals surface area contributed by atoms with Crippen molar-refractivity contribution in [2.45, 2.75) is 19.4 Å². The molecule has 5 nitrogen and oxygen atoms in total. The van der Waals surface area contributed by atoms with Gasteiger partial charge in [0, 0.05) is 12.3 Å². The fourth-order valence-corrected chi connectivity index (χ4v) is 1.02. The van der Waals surface area contributed by atoms with Crippen molar-refractivity contribution in [1.82, 2.24) is 10.3 Å². The predicted octanol–water partition coefficient (Wildman–Crippen LogP) is 0.169. The van der Waals surface area contributed by atoms with Gasteiger partial charge < -0.3 is 16.0 Å². The summed E-state index contributed by atoms with van der Waals surface area (Å²) in [6.07, 6.45) is 1.34. The van der Waals surface area contributed by atoms with E-state index in [2.05, 4.69) is 10.3 Å². The van der Waals surface area contributed by atoms with Gasteiger partial charge in [0.2, 0.25) is 5.56 Å². The van der Waals surface area contributed by atoms with Gasteiger partial charge in [-0.05, 0) is 19.9 Å². The zero-order valence-corrected chi connectivity index (χ0v) is 9.85. The van der Waals surface area contributed by atoms with Crippen LogP contribution in [0.4, 0.5) is 0 Å². The van der Waals surface area contributed by atoms with Crippen molar-refractivity contribution < 1.29 is 4.79 Å². The van der Waals surface area contributed by atoms with Crippen LogP contribution in [0.25, 0.3) is 0 Å². The lowest BCUT2D eigenvalue weighted by molar-refractivity contribution is 0.0932. The Morgan fingerprint density at radius 3 is 2.56 bits per heavy atom. The second kappa shape index (κ2) is 4.44. The molecule has 1 heterocycles. The van der Waals surface area contributed by atoms with Crippen molar-refractivity contribution >= 4 is 23.1 Å². The van der Waals surface area contributed by atoms with Gasteiger partial charge in [0.05, 0.1) is 16.1 Å². The minimum Gasteiger partial charge on any atom is -0.391 e. The smallest absolute Gasteiger partial charge is 0.253 e. The number of rotatable bonds is 3. The lowest BCUT2D eigenvalue weighted by Gasteiger charge is -2.24. The largest absolute Gasteiger partial charge is 0.391 e. The first-order valence-electron chi connectivity index (χ1n) is 4.64. The predicted molar refractivity (Wildman–Crippen MR) is 65.4 cm³/mol. The number of carbonyl (C=O) groups is 1. The third kappa shape index (κ3) is 2.90. The van der Waals surface area contributed by atoms with Gasteiger partial charge in [-0.3, -0.25) is 9.59 Å². The van der Waals surface area contributed by atoms with Crippen LogP contribution < -0.4 is 16.6 Å². The minimum atomic E-state index is -0.761. The van der Waals surface area contributed by atoms with Gasteiger partial charge in [-0.1, -0.05) is 12.2 Å². The Morgan fingerprint density at radius 1 is 1.50 bits per heavy atom. The number of thiocarbonyl (C=S) groups is 1. The van der Waals surface area contributed by atoms with Crippen LogP contribution in [0.5, 0.6) is 0 Å². The topological polar surface area (TPSA) is 88.0 Å². The molecule has 86 valence electrons. The van der Waals surface area contributed by atoms with Gasteiger partial charge in [-0.15, -0.1) is 0 Å². The van der Waals surface area contributed by atoms with E-state index in [0.29, 0.717) is 5.56 Å². The molecule has 0 aromatic carbocycles. The Hall–Kier alpha value is -1.69. The van der Waals surface area contributed by atoms with Crippen LogP contribution in [0, 0.1) is 0 Å². The molecule has 6 heteroatoms. The highest BCUT2D eigenvalue weighted by atomic mass is 32.1. The van der Waals surface area contributed by atoms with Gasteiger partial charge in [0.15, 0.2) is 0 Å². The molecule has 0 radical (unpaired) electrons. The van der Waals surface area contributed by atoms with Crippen LogP contribution in [0.2, 0.25) is 0 Å². The lowest BCUT2D eigenvalue weighted by atomic mass is 10.1. The van der Waals surface area contributed by atoms with Crippen molar-refractivity contribution in [2.75, 3.05) is 0 Å². The number of nitrogens with two attached hydrogens (primary N) is 1. The molecule has 0 saturated carbocycles. The number of aromatic amines is 1. The number of aromatic nitrogens is 1. The van der Waals surface area contributed by atoms with E-state index in [9.17, 15) is 9.59 Å². The van der Waals surface area contributed by atoms with Crippen LogP contribution in [0.1, 0.15) is 24.2 Å². The maximum atomic E-state index is 11.7. The third-order valence-electron chi connectivity index (χ3n) is 2.09. The summed E-state index contributed by atoms with van der Waals surface area (Å²) >= 11 is 4.83. The number of amides is 1. The average Bonchev–Trinajstić information content (AvgIpc) is 2.17. The van der Waals surface area contributed by atoms with Gasteiger partial charge in [0.1, 0.15) is 0 Å². The lowest BCUT2D eigenvalue weighted by Crippen LogP contribution is -2.52. The highest BCUT2D eigenvalue weighted by Crippen LogP contribution is 2.04. The van der Waals surface area contributed by atoms with Gasteiger partial charge >= 0.3 is 0 Å². The van der Waals surface area contributed by atoms with Gasteiger partial charge in [-0.25, -0.2) is 0 Å². The Labute approximate surface area is 98.0 Å². The van der Waals surface area contributed by atoms with Crippen LogP contribution in [0.15, 0.2) is 23.1 Å². The van der Waals surface area contributed by atoms with E-state index in [1.54, 1.807) is 13.8 Å². The Balaban J connectivity index is 2.84. The molecule has 1 aromatic heterocycles. The van der Waals surface area contributed by atoms with Crippen molar-refractivity contribution in [3.05, 3.63) is 34.2 Å². The average molecular weight is 239 g/mol. The number of carbonyl (C=O) groups excluding carboxylic acids is 1. The maximum Gasteiger partial charge on any atom is 0.253 e. The maximum absolute atomic E-state index is 11.7. The van der Waals surface area contributed by atoms with Crippen molar-refractivity contribution in [1.29, 1.82) is 0 Å². The molecule has 0 unspecified atom stereocenters. The second-order valence-corrected chi connectivity index (χ2v) is 4.32. The molecule has 1 rings (SSSR count). The number of hydrogen-bond donors (Lipinski definition) is 3. The molecule has 0 spiro atoms. The summed E-state index contributed by atoms with van der Waals surface area (Å²) in [6.45, 7) is 3.41. The quantitative estimate of drug-likeness (QED) is 0.656. The standard InChI is InChI=1S/C10H13N3O2S/c1-10(2,9(11)16)13-8(15)6-3-4-7(14)12-5-6/h3-5H,1-2H3,(H2,11,16)(H,12,14)(H,13,15). The molecule has 16 heavy (non-hydrogen) atoms. The van der Waals surface area contributed by atoms with Crippen LogP contribution in [-0.2, 0) is 0 Å². The van der Waals surface area contributed by atoms with Crippen LogP contribution in [0.3, 0.4) is 0 Å². The molecule has 0 saturated heterocycles. The van der Waals surface area contributed by atoms with E-state index >= 15 is 0 Å². The molecule has 0 fully saturated rings. The Bertz CT molecular complexity index is 459. The normalized spacial score (nSPS) is 10.9. The molecular formula is C10H13N3O2S. The van der Waals surface area contributed by atoms with Crippen LogP contribution in [-0.4, -0.2) is 21.4 Å². The zero-order chi connectivity index (χ0) is 12.3. The molecule has 0 bridgehead atoms. The molecule has 1 amide bonds. The van der Waals surface area contributed by atoms with E-state index < -0.39 is 5.54 Å². The third-order valence-corrected chi connectivity index (χ3v) is 2.60. The van der Waals surface area contributed by atoms with Crippen molar-refractivity contribution in [3.8, 4) is 0 Å². The summed E-state index contributed by atoms with van der Waals surface area (Å²) in [5, 5.41) is 2.66. The summed E-state index contributed by atoms with van der Waals surface area (Å²) in [5.41, 5.74) is 4.81. The molecule has 4 N–H and O–H groups in total. The second-order valence-electron chi connectivity index (χ2n) is 3.88. The molecule has 1 aromatic rings. The fourth-order valence-electron chi connectivity index (χ4n) is 0.969. The summed E-state index contributed by atoms with van der Waals surface area (Å²) in [4.78, 5) is 25.2. The summed E-state index contributed by atoms with van der Waals surface area (Å²) in [7, 11) is 0.